The average Bonchev–Trinajstić information content (AvgIpc) is 3.81. The third kappa shape index (κ3) is 7.62. The van der Waals surface area contributed by atoms with Crippen molar-refractivity contribution in [1.82, 2.24) is 43.4 Å². The number of H-pyrrole nitrogens is 1. The zero-order valence-electron chi connectivity index (χ0n) is 40.0. The van der Waals surface area contributed by atoms with Gasteiger partial charge in [-0.3, -0.25) is 23.4 Å². The lowest BCUT2D eigenvalue weighted by molar-refractivity contribution is -0.0592. The molecule has 3 fully saturated rings. The molecule has 7 heterocycles. The Bertz CT molecular complexity index is 3420. The molecule has 0 radical (unpaired) electrons. The molecule has 3 aliphatic heterocycles. The summed E-state index contributed by atoms with van der Waals surface area (Å²) < 4.78 is 51.3. The third-order valence-corrected chi connectivity index (χ3v) is 17.3. The van der Waals surface area contributed by atoms with Crippen LogP contribution in [0.25, 0.3) is 28.1 Å². The Balaban J connectivity index is 1.01. The molecule has 1 aliphatic carbocycles. The molecule has 0 spiro atoms. The van der Waals surface area contributed by atoms with Crippen LogP contribution in [-0.4, -0.2) is 104 Å². The summed E-state index contributed by atoms with van der Waals surface area (Å²) in [6.45, 7) is 14.1. The SMILES string of the molecule is Cc1cc(-n2nc3c(c2-n2ccn(-c4ccc(N=S5(=O)CCN(C)CC5)cc4)c2=O)[C@H](C)N(C(=O)c2cc4cc([C@H]5CCOC(C)(C)C5)ccc4n2[C@@]2(c4noc(=O)[nH]4)C[C@@H]2C)CC3)cc(C)c1F. The molecule has 0 unspecified atom stereocenters. The van der Waals surface area contributed by atoms with Crippen molar-refractivity contribution in [3.8, 4) is 17.2 Å². The number of aryl methyl sites for hydroxylation is 2. The fourth-order valence-electron chi connectivity index (χ4n) is 11.2. The van der Waals surface area contributed by atoms with E-state index in [4.69, 9.17) is 14.4 Å². The zero-order valence-corrected chi connectivity index (χ0v) is 40.8. The van der Waals surface area contributed by atoms with E-state index in [0.29, 0.717) is 94.3 Å². The first kappa shape index (κ1) is 45.1. The number of nitrogens with zero attached hydrogens (tertiary/aromatic N) is 9. The van der Waals surface area contributed by atoms with E-state index in [-0.39, 0.29) is 34.9 Å². The van der Waals surface area contributed by atoms with Crippen LogP contribution < -0.4 is 11.4 Å². The highest BCUT2D eigenvalue weighted by molar-refractivity contribution is 7.93. The molecular weight excluding hydrogens is 900 g/mol. The van der Waals surface area contributed by atoms with Crippen LogP contribution in [0.2, 0.25) is 0 Å². The Morgan fingerprint density at radius 2 is 1.64 bits per heavy atom. The summed E-state index contributed by atoms with van der Waals surface area (Å²) in [5.74, 6) is 0.888. The molecular formula is C51H57FN10O6S. The smallest absolute Gasteiger partial charge is 0.376 e. The van der Waals surface area contributed by atoms with Crippen molar-refractivity contribution in [2.75, 3.05) is 44.8 Å². The van der Waals surface area contributed by atoms with Crippen LogP contribution in [-0.2, 0) is 26.4 Å². The van der Waals surface area contributed by atoms with Crippen molar-refractivity contribution in [3.63, 3.8) is 0 Å². The number of aromatic amines is 1. The Morgan fingerprint density at radius 3 is 2.30 bits per heavy atom. The van der Waals surface area contributed by atoms with Crippen molar-refractivity contribution in [3.05, 3.63) is 139 Å². The number of hydrogen-bond acceptors (Lipinski definition) is 10. The third-order valence-electron chi connectivity index (χ3n) is 15.1. The lowest BCUT2D eigenvalue weighted by Crippen LogP contribution is -2.41. The number of halogens is 1. The second-order valence-electron chi connectivity index (χ2n) is 20.3. The monoisotopic (exact) mass is 956 g/mol. The van der Waals surface area contributed by atoms with Gasteiger partial charge in [-0.05, 0) is 144 Å². The number of fused-ring (bicyclic) bond motifs is 2. The van der Waals surface area contributed by atoms with Crippen LogP contribution in [0.3, 0.4) is 0 Å². The minimum absolute atomic E-state index is 0.0133. The predicted molar refractivity (Wildman–Crippen MR) is 260 cm³/mol. The van der Waals surface area contributed by atoms with Crippen LogP contribution in [0.5, 0.6) is 0 Å². The van der Waals surface area contributed by atoms with Crippen LogP contribution in [0, 0.1) is 25.6 Å². The van der Waals surface area contributed by atoms with Gasteiger partial charge in [0.2, 0.25) is 0 Å². The lowest BCUT2D eigenvalue weighted by atomic mass is 9.83. The predicted octanol–water partition coefficient (Wildman–Crippen LogP) is 7.46. The van der Waals surface area contributed by atoms with Gasteiger partial charge in [-0.15, -0.1) is 0 Å². The lowest BCUT2D eigenvalue weighted by Gasteiger charge is -2.35. The number of carbonyl (C=O) groups excluding carboxylic acids is 1. The molecule has 3 aromatic carbocycles. The number of benzene rings is 3. The topological polar surface area (TPSA) is 171 Å². The quantitative estimate of drug-likeness (QED) is 0.162. The summed E-state index contributed by atoms with van der Waals surface area (Å²) in [7, 11) is -0.369. The van der Waals surface area contributed by atoms with Crippen molar-refractivity contribution in [2.45, 2.75) is 90.3 Å². The van der Waals surface area contributed by atoms with Gasteiger partial charge in [-0.1, -0.05) is 18.1 Å². The van der Waals surface area contributed by atoms with Gasteiger partial charge < -0.3 is 19.1 Å². The van der Waals surface area contributed by atoms with Gasteiger partial charge >= 0.3 is 11.4 Å². The first-order valence-electron chi connectivity index (χ1n) is 23.8. The summed E-state index contributed by atoms with van der Waals surface area (Å²) in [5, 5.41) is 10.2. The van der Waals surface area contributed by atoms with Gasteiger partial charge in [0.1, 0.15) is 22.9 Å². The van der Waals surface area contributed by atoms with Gasteiger partial charge in [0.15, 0.2) is 5.82 Å². The van der Waals surface area contributed by atoms with Crippen LogP contribution in [0.15, 0.2) is 91.5 Å². The Kier molecular flexibility index (Phi) is 10.7. The summed E-state index contributed by atoms with van der Waals surface area (Å²) in [5.41, 5.74) is 4.99. The van der Waals surface area contributed by atoms with E-state index in [2.05, 4.69) is 58.4 Å². The largest absolute Gasteiger partial charge is 0.438 e. The number of nitrogens with one attached hydrogen (secondary N) is 1. The second kappa shape index (κ2) is 16.4. The average molecular weight is 957 g/mol. The fourth-order valence-corrected chi connectivity index (χ4v) is 13.3. The van der Waals surface area contributed by atoms with E-state index >= 15 is 9.18 Å². The van der Waals surface area contributed by atoms with Crippen LogP contribution in [0.1, 0.15) is 103 Å². The van der Waals surface area contributed by atoms with Gasteiger partial charge in [0, 0.05) is 73.0 Å². The summed E-state index contributed by atoms with van der Waals surface area (Å²) in [6.07, 6.45) is 6.13. The first-order valence-corrected chi connectivity index (χ1v) is 25.7. The highest BCUT2D eigenvalue weighted by Gasteiger charge is 2.59. The zero-order chi connectivity index (χ0) is 48.3. The molecule has 7 aromatic rings. The van der Waals surface area contributed by atoms with Crippen molar-refractivity contribution >= 4 is 32.2 Å². The first-order chi connectivity index (χ1) is 32.9. The Labute approximate surface area is 398 Å². The van der Waals surface area contributed by atoms with Crippen LogP contribution >= 0.6 is 0 Å². The standard InChI is InChI=1S/C51H57FN10O6S/c1-30-24-39(25-31(2)44(30)52)62-45(60-18-17-59(49(60)65)38-11-9-37(10-12-38)56-69(66)22-19-57(7)20-23-69)43-33(4)58(16-14-40(43)54-62)46(63)42-27-36-26-34(35-15-21-67-50(5,6)29-35)8-13-41(36)61(42)51(28-32(51)3)47-53-48(64)68-55-47/h8-13,17-18,24-27,32-33,35H,14-16,19-23,28-29H2,1-7H3,(H,53,55,64)/t32-,33-,35-,51-/m0/s1. The molecule has 1 saturated carbocycles. The molecule has 2 saturated heterocycles. The summed E-state index contributed by atoms with van der Waals surface area (Å²) in [4.78, 5) is 49.6. The molecule has 360 valence electrons. The number of amides is 1. The number of rotatable bonds is 8. The normalized spacial score (nSPS) is 23.3. The maximum atomic E-state index is 15.6. The van der Waals surface area contributed by atoms with E-state index in [9.17, 15) is 13.8 Å². The number of ether oxygens (including phenoxy) is 1. The van der Waals surface area contributed by atoms with Gasteiger partial charge in [0.25, 0.3) is 5.91 Å². The Morgan fingerprint density at radius 1 is 0.928 bits per heavy atom. The highest BCUT2D eigenvalue weighted by Crippen LogP contribution is 2.56. The molecule has 4 aliphatic rings. The summed E-state index contributed by atoms with van der Waals surface area (Å²) in [6, 6.07) is 18.4. The van der Waals surface area contributed by atoms with E-state index < -0.39 is 27.1 Å². The number of aromatic nitrogens is 7. The van der Waals surface area contributed by atoms with E-state index in [0.717, 1.165) is 36.8 Å². The maximum absolute atomic E-state index is 15.6. The number of hydrogen-bond donors (Lipinski definition) is 1. The minimum atomic E-state index is -2.38. The molecule has 11 rings (SSSR count). The molecule has 0 bridgehead atoms. The van der Waals surface area contributed by atoms with Crippen molar-refractivity contribution in [1.29, 1.82) is 0 Å². The fraction of sp³-hybridized carbons (Fsp3) is 0.431. The van der Waals surface area contributed by atoms with Gasteiger partial charge in [0.05, 0.1) is 44.1 Å². The molecule has 4 atom stereocenters. The number of imidazole rings is 1. The minimum Gasteiger partial charge on any atom is -0.376 e. The molecule has 16 nitrogen and oxygen atoms in total. The van der Waals surface area contributed by atoms with E-state index in [1.54, 1.807) is 67.3 Å². The maximum Gasteiger partial charge on any atom is 0.438 e. The van der Waals surface area contributed by atoms with Crippen LogP contribution in [0.4, 0.5) is 10.1 Å². The van der Waals surface area contributed by atoms with Crippen molar-refractivity contribution < 1.29 is 22.7 Å². The van der Waals surface area contributed by atoms with Crippen molar-refractivity contribution in [2.24, 2.45) is 10.3 Å². The molecule has 1 amide bonds. The van der Waals surface area contributed by atoms with E-state index in [1.807, 2.05) is 29.5 Å². The summed E-state index contributed by atoms with van der Waals surface area (Å²) >= 11 is 0. The Hall–Kier alpha value is -6.37. The molecule has 4 aromatic heterocycles. The highest BCUT2D eigenvalue weighted by atomic mass is 32.2. The molecule has 69 heavy (non-hydrogen) atoms. The van der Waals surface area contributed by atoms with E-state index in [1.165, 1.54) is 14.7 Å². The van der Waals surface area contributed by atoms with Gasteiger partial charge in [-0.25, -0.2) is 22.9 Å². The molecule has 18 heteroatoms. The van der Waals surface area contributed by atoms with Gasteiger partial charge in [-0.2, -0.15) is 9.46 Å². The second-order valence-corrected chi connectivity index (χ2v) is 22.8. The number of carbonyl (C=O) groups is 1. The molecule has 1 N–H and O–H groups in total.